The van der Waals surface area contributed by atoms with E-state index in [2.05, 4.69) is 37.7 Å². The Labute approximate surface area is 170 Å². The predicted molar refractivity (Wildman–Crippen MR) is 103 cm³/mol. The van der Waals surface area contributed by atoms with E-state index >= 15 is 0 Å². The van der Waals surface area contributed by atoms with Gasteiger partial charge in [0, 0.05) is 16.0 Å². The van der Waals surface area contributed by atoms with E-state index in [1.165, 1.54) is 17.4 Å². The summed E-state index contributed by atoms with van der Waals surface area (Å²) >= 11 is 2.07. The van der Waals surface area contributed by atoms with Gasteiger partial charge in [-0.1, -0.05) is 6.92 Å². The van der Waals surface area contributed by atoms with Gasteiger partial charge < -0.3 is 0 Å². The van der Waals surface area contributed by atoms with E-state index in [4.69, 9.17) is 0 Å². The van der Waals surface area contributed by atoms with Crippen LogP contribution in [0.15, 0.2) is 41.7 Å². The highest BCUT2D eigenvalue weighted by Gasteiger charge is 2.32. The van der Waals surface area contributed by atoms with Crippen LogP contribution in [0.3, 0.4) is 0 Å². The van der Waals surface area contributed by atoms with Gasteiger partial charge in [-0.15, -0.1) is 5.10 Å². The maximum absolute atomic E-state index is 12.9. The zero-order valence-corrected chi connectivity index (χ0v) is 17.1. The summed E-state index contributed by atoms with van der Waals surface area (Å²) in [7, 11) is -3.71. The lowest BCUT2D eigenvalue weighted by molar-refractivity contribution is -0.137. The van der Waals surface area contributed by atoms with Gasteiger partial charge in [0.05, 0.1) is 11.3 Å². The summed E-state index contributed by atoms with van der Waals surface area (Å²) in [6.45, 7) is 1.50. The minimum atomic E-state index is -4.53. The van der Waals surface area contributed by atoms with Crippen molar-refractivity contribution in [2.24, 2.45) is 0 Å². The lowest BCUT2D eigenvalue weighted by atomic mass is 10.3. The maximum Gasteiger partial charge on any atom is 0.417 e. The summed E-state index contributed by atoms with van der Waals surface area (Å²) in [5, 5.41) is 3.96. The van der Waals surface area contributed by atoms with Gasteiger partial charge in [-0.3, -0.25) is 4.40 Å². The molecule has 0 aliphatic rings. The average Bonchev–Trinajstić information content (AvgIpc) is 3.21. The van der Waals surface area contributed by atoms with Crippen molar-refractivity contribution in [3.05, 3.63) is 45.8 Å². The highest BCUT2D eigenvalue weighted by Crippen LogP contribution is 2.31. The fraction of sp³-hybridized carbons (Fsp3) is 0.188. The van der Waals surface area contributed by atoms with Crippen LogP contribution in [0.1, 0.15) is 12.5 Å². The Kier molecular flexibility index (Phi) is 4.37. The molecule has 0 amide bonds. The van der Waals surface area contributed by atoms with Gasteiger partial charge in [0.25, 0.3) is 0 Å². The second kappa shape index (κ2) is 6.40. The summed E-state index contributed by atoms with van der Waals surface area (Å²) in [5.74, 6) is -0.240. The van der Waals surface area contributed by atoms with E-state index in [0.29, 0.717) is 5.65 Å². The van der Waals surface area contributed by atoms with Crippen molar-refractivity contribution >= 4 is 43.7 Å². The normalized spacial score (nSPS) is 12.9. The van der Waals surface area contributed by atoms with E-state index in [1.807, 2.05) is 0 Å². The third-order valence-electron chi connectivity index (χ3n) is 4.09. The van der Waals surface area contributed by atoms with Crippen LogP contribution in [-0.2, 0) is 16.0 Å². The number of alkyl halides is 3. The molecule has 0 atom stereocenters. The average molecular weight is 521 g/mol. The van der Waals surface area contributed by atoms with Crippen molar-refractivity contribution in [3.8, 4) is 11.5 Å². The molecule has 0 unspecified atom stereocenters. The van der Waals surface area contributed by atoms with Gasteiger partial charge in [0.15, 0.2) is 20.5 Å². The van der Waals surface area contributed by atoms with E-state index in [9.17, 15) is 21.6 Å². The standard InChI is InChI=1S/C16H11F3IN5O2S/c1-2-28(26,27)15-13(21-12-7-10(20)5-6-24(12)15)14-22-11-4-3-9(16(17,18)19)8-25(11)23-14/h3-8H,2H2,1H3. The summed E-state index contributed by atoms with van der Waals surface area (Å²) < 4.78 is 67.4. The third-order valence-corrected chi connectivity index (χ3v) is 6.50. The van der Waals surface area contributed by atoms with Crippen LogP contribution in [0.4, 0.5) is 13.2 Å². The third kappa shape index (κ3) is 3.13. The minimum Gasteiger partial charge on any atom is -0.290 e. The number of pyridine rings is 2. The molecule has 12 heteroatoms. The second-order valence-corrected chi connectivity index (χ2v) is 9.34. The van der Waals surface area contributed by atoms with Crippen LogP contribution in [0, 0.1) is 3.57 Å². The van der Waals surface area contributed by atoms with Crippen LogP contribution in [0.2, 0.25) is 0 Å². The number of sulfone groups is 1. The maximum atomic E-state index is 12.9. The lowest BCUT2D eigenvalue weighted by Crippen LogP contribution is -2.09. The Bertz CT molecular complexity index is 1330. The van der Waals surface area contributed by atoms with Crippen molar-refractivity contribution in [3.63, 3.8) is 0 Å². The van der Waals surface area contributed by atoms with Gasteiger partial charge >= 0.3 is 6.18 Å². The van der Waals surface area contributed by atoms with Crippen LogP contribution in [-0.4, -0.2) is 38.2 Å². The van der Waals surface area contributed by atoms with E-state index in [-0.39, 0.29) is 27.9 Å². The molecule has 146 valence electrons. The van der Waals surface area contributed by atoms with E-state index < -0.39 is 21.6 Å². The van der Waals surface area contributed by atoms with Gasteiger partial charge in [-0.05, 0) is 46.9 Å². The summed E-state index contributed by atoms with van der Waals surface area (Å²) in [5.41, 5.74) is -0.359. The molecule has 4 heterocycles. The van der Waals surface area contributed by atoms with Crippen molar-refractivity contribution in [2.45, 2.75) is 18.1 Å². The summed E-state index contributed by atoms with van der Waals surface area (Å²) in [6.07, 6.45) is -2.15. The molecule has 4 rings (SSSR count). The molecule has 0 saturated carbocycles. The molecule has 0 aliphatic heterocycles. The number of hydrogen-bond donors (Lipinski definition) is 0. The number of rotatable bonds is 3. The molecular weight excluding hydrogens is 510 g/mol. The monoisotopic (exact) mass is 521 g/mol. The molecule has 7 nitrogen and oxygen atoms in total. The quantitative estimate of drug-likeness (QED) is 0.386. The van der Waals surface area contributed by atoms with E-state index in [0.717, 1.165) is 20.3 Å². The Morgan fingerprint density at radius 2 is 1.89 bits per heavy atom. The molecule has 0 bridgehead atoms. The Morgan fingerprint density at radius 1 is 1.14 bits per heavy atom. The van der Waals surface area contributed by atoms with Gasteiger partial charge in [-0.2, -0.15) is 13.2 Å². The second-order valence-electron chi connectivity index (χ2n) is 5.90. The summed E-state index contributed by atoms with van der Waals surface area (Å²) in [4.78, 5) is 8.52. The molecule has 0 N–H and O–H groups in total. The first-order chi connectivity index (χ1) is 13.1. The van der Waals surface area contributed by atoms with Crippen molar-refractivity contribution in [2.75, 3.05) is 5.75 Å². The first-order valence-corrected chi connectivity index (χ1v) is 10.7. The fourth-order valence-electron chi connectivity index (χ4n) is 2.73. The number of fused-ring (bicyclic) bond motifs is 2. The lowest BCUT2D eigenvalue weighted by Gasteiger charge is -2.05. The molecule has 0 spiro atoms. The molecule has 4 aromatic heterocycles. The first kappa shape index (κ1) is 19.1. The summed E-state index contributed by atoms with van der Waals surface area (Å²) in [6, 6.07) is 5.48. The molecule has 0 aliphatic carbocycles. The zero-order valence-electron chi connectivity index (χ0n) is 14.1. The molecule has 0 fully saturated rings. The molecular formula is C16H11F3IN5O2S. The smallest absolute Gasteiger partial charge is 0.290 e. The molecule has 4 aromatic rings. The van der Waals surface area contributed by atoms with E-state index in [1.54, 1.807) is 18.3 Å². The van der Waals surface area contributed by atoms with Crippen molar-refractivity contribution in [1.29, 1.82) is 0 Å². The molecule has 0 saturated heterocycles. The number of nitrogens with zero attached hydrogens (tertiary/aromatic N) is 5. The van der Waals surface area contributed by atoms with Crippen molar-refractivity contribution < 1.29 is 21.6 Å². The predicted octanol–water partition coefficient (Wildman–Crippen LogP) is 3.46. The fourth-order valence-corrected chi connectivity index (χ4v) is 4.33. The zero-order chi connectivity index (χ0) is 20.3. The molecule has 0 aromatic carbocycles. The van der Waals surface area contributed by atoms with Gasteiger partial charge in [0.1, 0.15) is 11.3 Å². The SMILES string of the molecule is CCS(=O)(=O)c1c(-c2nc3ccc(C(F)(F)F)cn3n2)nc2cc(I)ccn12. The molecule has 28 heavy (non-hydrogen) atoms. The van der Waals surface area contributed by atoms with Crippen LogP contribution >= 0.6 is 22.6 Å². The number of imidazole rings is 1. The highest BCUT2D eigenvalue weighted by atomic mass is 127. The topological polar surface area (TPSA) is 81.6 Å². The number of aromatic nitrogens is 5. The van der Waals surface area contributed by atoms with Crippen molar-refractivity contribution in [1.82, 2.24) is 24.0 Å². The van der Waals surface area contributed by atoms with Crippen LogP contribution in [0.5, 0.6) is 0 Å². The molecule has 0 radical (unpaired) electrons. The van der Waals surface area contributed by atoms with Gasteiger partial charge in [-0.25, -0.2) is 22.9 Å². The van der Waals surface area contributed by atoms with Crippen LogP contribution < -0.4 is 0 Å². The van der Waals surface area contributed by atoms with Crippen LogP contribution in [0.25, 0.3) is 22.8 Å². The Hall–Kier alpha value is -2.22. The minimum absolute atomic E-state index is 0.00103. The largest absolute Gasteiger partial charge is 0.417 e. The Morgan fingerprint density at radius 3 is 2.57 bits per heavy atom. The highest BCUT2D eigenvalue weighted by molar-refractivity contribution is 14.1. The Balaban J connectivity index is 1.99. The first-order valence-electron chi connectivity index (χ1n) is 7.94. The van der Waals surface area contributed by atoms with Gasteiger partial charge in [0.2, 0.25) is 5.82 Å². The number of hydrogen-bond acceptors (Lipinski definition) is 5. The number of halogens is 4.